The number of anilines is 1. The van der Waals surface area contributed by atoms with E-state index in [1.807, 2.05) is 24.4 Å². The summed E-state index contributed by atoms with van der Waals surface area (Å²) < 4.78 is 0. The Morgan fingerprint density at radius 2 is 1.75 bits per heavy atom. The molecule has 0 saturated heterocycles. The minimum Gasteiger partial charge on any atom is -0.361 e. The molecule has 3 aromatic rings. The van der Waals surface area contributed by atoms with Crippen LogP contribution in [0.3, 0.4) is 0 Å². The molecule has 0 atom stereocenters. The van der Waals surface area contributed by atoms with Gasteiger partial charge in [0.05, 0.1) is 13.1 Å². The molecule has 3 rings (SSSR count). The highest BCUT2D eigenvalue weighted by molar-refractivity contribution is 6.30. The van der Waals surface area contributed by atoms with Crippen molar-refractivity contribution >= 4 is 40.0 Å². The fourth-order valence-corrected chi connectivity index (χ4v) is 3.14. The Morgan fingerprint density at radius 1 is 1.04 bits per heavy atom. The van der Waals surface area contributed by atoms with Crippen molar-refractivity contribution in [1.82, 2.24) is 15.2 Å². The van der Waals surface area contributed by atoms with Gasteiger partial charge in [-0.25, -0.2) is 0 Å². The second kappa shape index (κ2) is 9.39. The second-order valence-corrected chi connectivity index (χ2v) is 7.12. The zero-order valence-electron chi connectivity index (χ0n) is 15.7. The Hall–Kier alpha value is -2.83. The molecule has 0 fully saturated rings. The highest BCUT2D eigenvalue weighted by Gasteiger charge is 2.11. The molecule has 1 aromatic heterocycles. The number of fused-ring (bicyclic) bond motifs is 1. The molecular formula is C21H23ClN4O2. The Balaban J connectivity index is 1.39. The molecule has 28 heavy (non-hydrogen) atoms. The van der Waals surface area contributed by atoms with Crippen LogP contribution in [0.2, 0.25) is 5.02 Å². The molecular weight excluding hydrogens is 376 g/mol. The molecule has 3 N–H and O–H groups in total. The lowest BCUT2D eigenvalue weighted by Gasteiger charge is -2.16. The maximum absolute atomic E-state index is 12.1. The van der Waals surface area contributed by atoms with Gasteiger partial charge in [-0.3, -0.25) is 14.5 Å². The van der Waals surface area contributed by atoms with E-state index in [0.717, 1.165) is 11.9 Å². The number of halogens is 1. The summed E-state index contributed by atoms with van der Waals surface area (Å²) in [6, 6.07) is 15.0. The van der Waals surface area contributed by atoms with Crippen LogP contribution in [0.1, 0.15) is 5.56 Å². The van der Waals surface area contributed by atoms with E-state index < -0.39 is 0 Å². The molecule has 7 heteroatoms. The third-order valence-electron chi connectivity index (χ3n) is 4.35. The number of nitrogens with one attached hydrogen (secondary N) is 3. The number of H-pyrrole nitrogens is 1. The summed E-state index contributed by atoms with van der Waals surface area (Å²) >= 11 is 5.83. The zero-order chi connectivity index (χ0) is 19.9. The maximum Gasteiger partial charge on any atom is 0.238 e. The molecule has 1 heterocycles. The molecule has 0 aliphatic carbocycles. The summed E-state index contributed by atoms with van der Waals surface area (Å²) in [7, 11) is 1.74. The Kier molecular flexibility index (Phi) is 6.68. The quantitative estimate of drug-likeness (QED) is 0.545. The first kappa shape index (κ1) is 19.9. The fourth-order valence-electron chi connectivity index (χ4n) is 3.01. The lowest BCUT2D eigenvalue weighted by atomic mass is 10.1. The molecule has 2 aromatic carbocycles. The molecule has 0 unspecified atom stereocenters. The van der Waals surface area contributed by atoms with E-state index in [4.69, 9.17) is 11.6 Å². The number of benzene rings is 2. The summed E-state index contributed by atoms with van der Waals surface area (Å²) in [5.74, 6) is -0.293. The van der Waals surface area contributed by atoms with Crippen LogP contribution in [0.4, 0.5) is 5.69 Å². The van der Waals surface area contributed by atoms with E-state index in [0.29, 0.717) is 17.3 Å². The number of nitrogens with zero attached hydrogens (tertiary/aromatic N) is 1. The van der Waals surface area contributed by atoms with Gasteiger partial charge in [-0.15, -0.1) is 0 Å². The molecule has 0 saturated carbocycles. The van der Waals surface area contributed by atoms with Gasteiger partial charge in [0.25, 0.3) is 0 Å². The summed E-state index contributed by atoms with van der Waals surface area (Å²) in [5, 5.41) is 7.47. The predicted octanol–water partition coefficient (Wildman–Crippen LogP) is 3.05. The van der Waals surface area contributed by atoms with Gasteiger partial charge in [0, 0.05) is 34.4 Å². The topological polar surface area (TPSA) is 77.2 Å². The van der Waals surface area contributed by atoms with E-state index in [-0.39, 0.29) is 24.9 Å². The van der Waals surface area contributed by atoms with Gasteiger partial charge in [0.1, 0.15) is 0 Å². The third-order valence-corrected chi connectivity index (χ3v) is 4.60. The maximum atomic E-state index is 12.1. The molecule has 0 bridgehead atoms. The first-order chi connectivity index (χ1) is 13.5. The average molecular weight is 399 g/mol. The van der Waals surface area contributed by atoms with E-state index in [1.165, 1.54) is 10.9 Å². The van der Waals surface area contributed by atoms with Crippen LogP contribution < -0.4 is 10.6 Å². The van der Waals surface area contributed by atoms with E-state index in [9.17, 15) is 9.59 Å². The first-order valence-electron chi connectivity index (χ1n) is 9.07. The van der Waals surface area contributed by atoms with Gasteiger partial charge >= 0.3 is 0 Å². The Bertz CT molecular complexity index is 952. The molecule has 2 amide bonds. The van der Waals surface area contributed by atoms with Gasteiger partial charge in [-0.1, -0.05) is 29.8 Å². The van der Waals surface area contributed by atoms with Crippen LogP contribution >= 0.6 is 11.6 Å². The summed E-state index contributed by atoms with van der Waals surface area (Å²) in [6.07, 6.45) is 2.72. The summed E-state index contributed by atoms with van der Waals surface area (Å²) in [5.41, 5.74) is 2.94. The lowest BCUT2D eigenvalue weighted by Crippen LogP contribution is -2.39. The SMILES string of the molecule is CN(CC(=O)NCCc1c[nH]c2ccccc12)CC(=O)Nc1ccc(Cl)cc1. The van der Waals surface area contributed by atoms with Crippen LogP contribution in [0.25, 0.3) is 10.9 Å². The largest absolute Gasteiger partial charge is 0.361 e. The van der Waals surface area contributed by atoms with Crippen LogP contribution in [0, 0.1) is 0 Å². The van der Waals surface area contributed by atoms with Crippen LogP contribution in [0.15, 0.2) is 54.7 Å². The zero-order valence-corrected chi connectivity index (χ0v) is 16.4. The van der Waals surface area contributed by atoms with Crippen LogP contribution in [-0.4, -0.2) is 48.4 Å². The van der Waals surface area contributed by atoms with Crippen molar-refractivity contribution in [2.75, 3.05) is 32.0 Å². The van der Waals surface area contributed by atoms with Crippen molar-refractivity contribution in [2.24, 2.45) is 0 Å². The first-order valence-corrected chi connectivity index (χ1v) is 9.45. The number of hydrogen-bond acceptors (Lipinski definition) is 3. The van der Waals surface area contributed by atoms with E-state index >= 15 is 0 Å². The normalized spacial score (nSPS) is 11.0. The smallest absolute Gasteiger partial charge is 0.238 e. The van der Waals surface area contributed by atoms with Crippen molar-refractivity contribution in [3.63, 3.8) is 0 Å². The fraction of sp³-hybridized carbons (Fsp3) is 0.238. The van der Waals surface area contributed by atoms with Crippen molar-refractivity contribution in [2.45, 2.75) is 6.42 Å². The minimum atomic E-state index is -0.184. The minimum absolute atomic E-state index is 0.110. The third kappa shape index (κ3) is 5.58. The number of carbonyl (C=O) groups is 2. The summed E-state index contributed by atoms with van der Waals surface area (Å²) in [4.78, 5) is 29.1. The number of rotatable bonds is 8. The molecule has 0 spiro atoms. The number of para-hydroxylation sites is 1. The summed E-state index contributed by atoms with van der Waals surface area (Å²) in [6.45, 7) is 0.825. The average Bonchev–Trinajstić information content (AvgIpc) is 3.07. The number of aromatic nitrogens is 1. The number of likely N-dealkylation sites (N-methyl/N-ethyl adjacent to an activating group) is 1. The Morgan fingerprint density at radius 3 is 2.54 bits per heavy atom. The highest BCUT2D eigenvalue weighted by atomic mass is 35.5. The number of hydrogen-bond donors (Lipinski definition) is 3. The van der Waals surface area contributed by atoms with Crippen LogP contribution in [0.5, 0.6) is 0 Å². The second-order valence-electron chi connectivity index (χ2n) is 6.69. The number of carbonyl (C=O) groups excluding carboxylic acids is 2. The molecule has 0 aliphatic rings. The highest BCUT2D eigenvalue weighted by Crippen LogP contribution is 2.17. The predicted molar refractivity (Wildman–Crippen MR) is 113 cm³/mol. The van der Waals surface area contributed by atoms with Gasteiger partial charge in [0.15, 0.2) is 0 Å². The van der Waals surface area contributed by atoms with Crippen LogP contribution in [-0.2, 0) is 16.0 Å². The lowest BCUT2D eigenvalue weighted by molar-refractivity contribution is -0.122. The van der Waals surface area contributed by atoms with Gasteiger partial charge < -0.3 is 15.6 Å². The monoisotopic (exact) mass is 398 g/mol. The van der Waals surface area contributed by atoms with Gasteiger partial charge in [-0.2, -0.15) is 0 Å². The Labute approximate surface area is 168 Å². The van der Waals surface area contributed by atoms with Crippen molar-refractivity contribution in [1.29, 1.82) is 0 Å². The number of aromatic amines is 1. The molecule has 0 aliphatic heterocycles. The molecule has 6 nitrogen and oxygen atoms in total. The standard InChI is InChI=1S/C21H23ClN4O2/c1-26(14-21(28)25-17-8-6-16(22)7-9-17)13-20(27)23-11-10-15-12-24-19-5-3-2-4-18(15)19/h2-9,12,24H,10-11,13-14H2,1H3,(H,23,27)(H,25,28). The van der Waals surface area contributed by atoms with Crippen molar-refractivity contribution in [3.8, 4) is 0 Å². The van der Waals surface area contributed by atoms with Crippen molar-refractivity contribution in [3.05, 3.63) is 65.3 Å². The van der Waals surface area contributed by atoms with Gasteiger partial charge in [-0.05, 0) is 49.4 Å². The van der Waals surface area contributed by atoms with Gasteiger partial charge in [0.2, 0.25) is 11.8 Å². The number of amides is 2. The molecule has 146 valence electrons. The van der Waals surface area contributed by atoms with E-state index in [2.05, 4.69) is 21.7 Å². The molecule has 0 radical (unpaired) electrons. The van der Waals surface area contributed by atoms with Crippen molar-refractivity contribution < 1.29 is 9.59 Å². The van der Waals surface area contributed by atoms with E-state index in [1.54, 1.807) is 36.2 Å².